The molecule has 0 spiro atoms. The van der Waals surface area contributed by atoms with Crippen molar-refractivity contribution in [2.24, 2.45) is 0 Å². The summed E-state index contributed by atoms with van der Waals surface area (Å²) in [5.74, 6) is 0.0992. The van der Waals surface area contributed by atoms with E-state index in [2.05, 4.69) is 21.2 Å². The number of likely N-dealkylation sites (N-methyl/N-ethyl adjacent to an activating group) is 1. The van der Waals surface area contributed by atoms with E-state index in [1.54, 1.807) is 0 Å². The summed E-state index contributed by atoms with van der Waals surface area (Å²) in [5.41, 5.74) is 1.85. The number of hydrogen-bond donors (Lipinski definition) is 1. The van der Waals surface area contributed by atoms with E-state index in [-0.39, 0.29) is 5.91 Å². The first-order chi connectivity index (χ1) is 7.59. The molecule has 0 saturated carbocycles. The number of halogens is 1. The lowest BCUT2D eigenvalue weighted by atomic mass is 10.1. The van der Waals surface area contributed by atoms with E-state index < -0.39 is 0 Å². The first kappa shape index (κ1) is 11.6. The van der Waals surface area contributed by atoms with Crippen molar-refractivity contribution >= 4 is 21.8 Å². The number of aryl methyl sites for hydroxylation is 1. The van der Waals surface area contributed by atoms with Crippen LogP contribution in [-0.4, -0.2) is 37.0 Å². The number of benzene rings is 1. The lowest BCUT2D eigenvalue weighted by Crippen LogP contribution is -2.57. The average Bonchev–Trinajstić information content (AvgIpc) is 2.18. The van der Waals surface area contributed by atoms with Gasteiger partial charge in [0, 0.05) is 30.2 Å². The second-order valence-corrected chi connectivity index (χ2v) is 5.05. The highest BCUT2D eigenvalue weighted by atomic mass is 79.9. The molecule has 0 atom stereocenters. The van der Waals surface area contributed by atoms with Crippen LogP contribution in [0.15, 0.2) is 22.7 Å². The van der Waals surface area contributed by atoms with Crippen molar-refractivity contribution in [1.82, 2.24) is 10.2 Å². The summed E-state index contributed by atoms with van der Waals surface area (Å²) in [6.07, 6.45) is 0. The summed E-state index contributed by atoms with van der Waals surface area (Å²) in [6.45, 7) is 3.79. The molecule has 0 bridgehead atoms. The molecule has 1 aliphatic rings. The van der Waals surface area contributed by atoms with Crippen molar-refractivity contribution in [2.45, 2.75) is 13.0 Å². The molecule has 1 aromatic rings. The highest BCUT2D eigenvalue weighted by Gasteiger charge is 2.25. The summed E-state index contributed by atoms with van der Waals surface area (Å²) >= 11 is 3.43. The highest BCUT2D eigenvalue weighted by Crippen LogP contribution is 2.18. The minimum absolute atomic E-state index is 0.0992. The van der Waals surface area contributed by atoms with Gasteiger partial charge in [-0.3, -0.25) is 4.79 Å². The molecule has 0 unspecified atom stereocenters. The molecule has 0 aliphatic carbocycles. The van der Waals surface area contributed by atoms with Crippen LogP contribution in [0.5, 0.6) is 0 Å². The summed E-state index contributed by atoms with van der Waals surface area (Å²) in [6, 6.07) is 6.06. The van der Waals surface area contributed by atoms with Crippen molar-refractivity contribution in [3.05, 3.63) is 33.8 Å². The minimum atomic E-state index is 0.0992. The number of amides is 1. The van der Waals surface area contributed by atoms with Gasteiger partial charge >= 0.3 is 0 Å². The van der Waals surface area contributed by atoms with Crippen LogP contribution in [0.25, 0.3) is 0 Å². The summed E-state index contributed by atoms with van der Waals surface area (Å²) in [4.78, 5) is 13.9. The zero-order valence-corrected chi connectivity index (χ0v) is 11.0. The molecule has 0 aromatic heterocycles. The van der Waals surface area contributed by atoms with Gasteiger partial charge in [0.1, 0.15) is 0 Å². The Kier molecular flexibility index (Phi) is 3.30. The molecule has 4 heteroatoms. The first-order valence-electron chi connectivity index (χ1n) is 5.33. The molecular formula is C12H15BrN2O. The maximum atomic E-state index is 12.1. The number of nitrogens with zero attached hydrogens (tertiary/aromatic N) is 1. The Morgan fingerprint density at radius 2 is 2.19 bits per heavy atom. The second kappa shape index (κ2) is 4.55. The average molecular weight is 283 g/mol. The van der Waals surface area contributed by atoms with Gasteiger partial charge in [0.2, 0.25) is 0 Å². The number of rotatable bonds is 2. The third-order valence-corrected chi connectivity index (χ3v) is 3.92. The molecule has 1 saturated heterocycles. The SMILES string of the molecule is Cc1cc(C(=O)N(C)C2CNC2)ccc1Br. The lowest BCUT2D eigenvalue weighted by Gasteiger charge is -2.35. The first-order valence-corrected chi connectivity index (χ1v) is 6.13. The highest BCUT2D eigenvalue weighted by molar-refractivity contribution is 9.10. The third-order valence-electron chi connectivity index (χ3n) is 3.03. The number of carbonyl (C=O) groups is 1. The van der Waals surface area contributed by atoms with Gasteiger partial charge in [0.05, 0.1) is 6.04 Å². The molecule has 2 rings (SSSR count). The van der Waals surface area contributed by atoms with Gasteiger partial charge in [-0.2, -0.15) is 0 Å². The van der Waals surface area contributed by atoms with Crippen LogP contribution < -0.4 is 5.32 Å². The van der Waals surface area contributed by atoms with Crippen molar-refractivity contribution in [3.8, 4) is 0 Å². The van der Waals surface area contributed by atoms with Crippen LogP contribution in [-0.2, 0) is 0 Å². The Morgan fingerprint density at radius 1 is 1.50 bits per heavy atom. The van der Waals surface area contributed by atoms with E-state index in [4.69, 9.17) is 0 Å². The van der Waals surface area contributed by atoms with Gasteiger partial charge < -0.3 is 10.2 Å². The Balaban J connectivity index is 2.16. The van der Waals surface area contributed by atoms with Crippen LogP contribution in [0.1, 0.15) is 15.9 Å². The van der Waals surface area contributed by atoms with E-state index in [9.17, 15) is 4.79 Å². The molecule has 3 nitrogen and oxygen atoms in total. The van der Waals surface area contributed by atoms with Crippen molar-refractivity contribution in [2.75, 3.05) is 20.1 Å². The summed E-state index contributed by atoms with van der Waals surface area (Å²) in [5, 5.41) is 3.17. The fourth-order valence-electron chi connectivity index (χ4n) is 1.69. The predicted molar refractivity (Wildman–Crippen MR) is 67.6 cm³/mol. The zero-order valence-electron chi connectivity index (χ0n) is 9.46. The summed E-state index contributed by atoms with van der Waals surface area (Å²) < 4.78 is 1.04. The molecule has 1 amide bonds. The van der Waals surface area contributed by atoms with Crippen molar-refractivity contribution in [3.63, 3.8) is 0 Å². The molecule has 86 valence electrons. The molecule has 16 heavy (non-hydrogen) atoms. The Bertz CT molecular complexity index is 415. The fraction of sp³-hybridized carbons (Fsp3) is 0.417. The molecule has 0 radical (unpaired) electrons. The predicted octanol–water partition coefficient (Wildman–Crippen LogP) is 1.80. The maximum Gasteiger partial charge on any atom is 0.253 e. The lowest BCUT2D eigenvalue weighted by molar-refractivity contribution is 0.0681. The van der Waals surface area contributed by atoms with Gasteiger partial charge in [-0.15, -0.1) is 0 Å². The van der Waals surface area contributed by atoms with E-state index >= 15 is 0 Å². The van der Waals surface area contributed by atoms with Crippen LogP contribution in [0.3, 0.4) is 0 Å². The molecule has 1 heterocycles. The van der Waals surface area contributed by atoms with Crippen LogP contribution in [0.4, 0.5) is 0 Å². The van der Waals surface area contributed by atoms with Gasteiger partial charge in [0.15, 0.2) is 0 Å². The van der Waals surface area contributed by atoms with E-state index in [1.807, 2.05) is 37.1 Å². The van der Waals surface area contributed by atoms with Crippen LogP contribution in [0, 0.1) is 6.92 Å². The van der Waals surface area contributed by atoms with Crippen LogP contribution >= 0.6 is 15.9 Å². The molecule has 1 fully saturated rings. The van der Waals surface area contributed by atoms with E-state index in [1.165, 1.54) is 0 Å². The zero-order chi connectivity index (χ0) is 11.7. The van der Waals surface area contributed by atoms with E-state index in [0.29, 0.717) is 6.04 Å². The van der Waals surface area contributed by atoms with Gasteiger partial charge in [0.25, 0.3) is 5.91 Å². The van der Waals surface area contributed by atoms with Crippen molar-refractivity contribution in [1.29, 1.82) is 0 Å². The Labute approximate surface area is 104 Å². The molecule has 1 aromatic carbocycles. The topological polar surface area (TPSA) is 32.3 Å². The molecule has 1 N–H and O–H groups in total. The van der Waals surface area contributed by atoms with E-state index in [0.717, 1.165) is 28.7 Å². The quantitative estimate of drug-likeness (QED) is 0.897. The maximum absolute atomic E-state index is 12.1. The smallest absolute Gasteiger partial charge is 0.253 e. The number of hydrogen-bond acceptors (Lipinski definition) is 2. The Morgan fingerprint density at radius 3 is 2.69 bits per heavy atom. The minimum Gasteiger partial charge on any atom is -0.336 e. The number of nitrogens with one attached hydrogen (secondary N) is 1. The van der Waals surface area contributed by atoms with Gasteiger partial charge in [-0.25, -0.2) is 0 Å². The second-order valence-electron chi connectivity index (χ2n) is 4.19. The van der Waals surface area contributed by atoms with Gasteiger partial charge in [-0.05, 0) is 30.7 Å². The fourth-order valence-corrected chi connectivity index (χ4v) is 1.94. The Hall–Kier alpha value is -0.870. The molecule has 1 aliphatic heterocycles. The number of carbonyl (C=O) groups excluding carboxylic acids is 1. The van der Waals surface area contributed by atoms with Crippen LogP contribution in [0.2, 0.25) is 0 Å². The standard InChI is InChI=1S/C12H15BrN2O/c1-8-5-9(3-4-11(8)13)12(16)15(2)10-6-14-7-10/h3-5,10,14H,6-7H2,1-2H3. The van der Waals surface area contributed by atoms with Crippen molar-refractivity contribution < 1.29 is 4.79 Å². The largest absolute Gasteiger partial charge is 0.336 e. The van der Waals surface area contributed by atoms with Gasteiger partial charge in [-0.1, -0.05) is 15.9 Å². The molecular weight excluding hydrogens is 268 g/mol. The normalized spacial score (nSPS) is 15.7. The third kappa shape index (κ3) is 2.13. The summed E-state index contributed by atoms with van der Waals surface area (Å²) in [7, 11) is 1.87. The monoisotopic (exact) mass is 282 g/mol.